The predicted octanol–water partition coefficient (Wildman–Crippen LogP) is 1.62. The maximum atomic E-state index is 12.4. The normalized spacial score (nSPS) is 14.0. The second-order valence-electron chi connectivity index (χ2n) is 6.20. The second-order valence-corrected chi connectivity index (χ2v) is 6.20. The molecule has 7 heteroatoms. The second kappa shape index (κ2) is 7.51. The maximum Gasteiger partial charge on any atom is 0.271 e. The Labute approximate surface area is 152 Å². The highest BCUT2D eigenvalue weighted by molar-refractivity contribution is 5.87. The van der Waals surface area contributed by atoms with Crippen LogP contribution in [0.1, 0.15) is 19.7 Å². The number of hydrogen-bond donors (Lipinski definition) is 1. The van der Waals surface area contributed by atoms with Crippen LogP contribution in [0.3, 0.4) is 0 Å². The molecule has 1 saturated heterocycles. The van der Waals surface area contributed by atoms with Crippen LogP contribution in [0, 0.1) is 0 Å². The number of likely N-dealkylation sites (N-methyl/N-ethyl adjacent to an activating group) is 1. The highest BCUT2D eigenvalue weighted by Gasteiger charge is 2.34. The van der Waals surface area contributed by atoms with Crippen molar-refractivity contribution in [3.05, 3.63) is 53.4 Å². The molecular weight excluding hydrogens is 330 g/mol. The molecule has 26 heavy (non-hydrogen) atoms. The number of carbonyl (C=O) groups excluding carboxylic acids is 1. The van der Waals surface area contributed by atoms with Crippen LogP contribution in [-0.4, -0.2) is 51.4 Å². The first-order valence-electron chi connectivity index (χ1n) is 8.80. The number of pyridine rings is 1. The standard InChI is InChI=1S/C19H23N5O2/c1-4-17-20-8-7-15(22-17)13-9-16(19(26)21-10-13)24(6-3)14-11-23(12-14)18(25)5-2/h5,7-10,14H,2,4,6,11-12H2,1,3H3,(H,21,26). The summed E-state index contributed by atoms with van der Waals surface area (Å²) in [6.45, 7) is 9.38. The topological polar surface area (TPSA) is 82.2 Å². The third kappa shape index (κ3) is 3.37. The lowest BCUT2D eigenvalue weighted by Crippen LogP contribution is -2.61. The fourth-order valence-corrected chi connectivity index (χ4v) is 3.15. The number of nitrogens with zero attached hydrogens (tertiary/aromatic N) is 4. The third-order valence-electron chi connectivity index (χ3n) is 4.64. The number of aromatic nitrogens is 3. The molecular formula is C19H23N5O2. The number of likely N-dealkylation sites (tertiary alicyclic amines) is 1. The van der Waals surface area contributed by atoms with E-state index in [0.717, 1.165) is 23.5 Å². The summed E-state index contributed by atoms with van der Waals surface area (Å²) in [4.78, 5) is 39.4. The van der Waals surface area contributed by atoms with Crippen molar-refractivity contribution in [1.82, 2.24) is 19.9 Å². The van der Waals surface area contributed by atoms with E-state index in [4.69, 9.17) is 0 Å². The van der Waals surface area contributed by atoms with Crippen molar-refractivity contribution in [2.24, 2.45) is 0 Å². The van der Waals surface area contributed by atoms with Crippen molar-refractivity contribution in [1.29, 1.82) is 0 Å². The molecule has 1 N–H and O–H groups in total. The minimum absolute atomic E-state index is 0.0759. The number of aromatic amines is 1. The molecule has 0 aromatic carbocycles. The summed E-state index contributed by atoms with van der Waals surface area (Å²) in [5, 5.41) is 0. The average molecular weight is 353 g/mol. The third-order valence-corrected chi connectivity index (χ3v) is 4.64. The van der Waals surface area contributed by atoms with E-state index in [1.54, 1.807) is 17.3 Å². The smallest absolute Gasteiger partial charge is 0.271 e. The van der Waals surface area contributed by atoms with Gasteiger partial charge in [0.15, 0.2) is 0 Å². The Morgan fingerprint density at radius 1 is 1.46 bits per heavy atom. The van der Waals surface area contributed by atoms with E-state index in [0.29, 0.717) is 25.3 Å². The number of carbonyl (C=O) groups is 1. The molecule has 0 unspecified atom stereocenters. The maximum absolute atomic E-state index is 12.4. The van der Waals surface area contributed by atoms with Crippen LogP contribution in [0.2, 0.25) is 0 Å². The number of anilines is 1. The van der Waals surface area contributed by atoms with Crippen molar-refractivity contribution in [3.8, 4) is 11.3 Å². The van der Waals surface area contributed by atoms with Crippen LogP contribution in [0.5, 0.6) is 0 Å². The zero-order chi connectivity index (χ0) is 18.7. The lowest BCUT2D eigenvalue weighted by Gasteiger charge is -2.45. The Hall–Kier alpha value is -2.96. The van der Waals surface area contributed by atoms with Crippen LogP contribution in [0.15, 0.2) is 42.0 Å². The van der Waals surface area contributed by atoms with Gasteiger partial charge in [-0.15, -0.1) is 0 Å². The first kappa shape index (κ1) is 17.8. The van der Waals surface area contributed by atoms with Gasteiger partial charge in [-0.05, 0) is 25.1 Å². The Kier molecular flexibility index (Phi) is 5.16. The van der Waals surface area contributed by atoms with Gasteiger partial charge in [-0.25, -0.2) is 9.97 Å². The number of hydrogen-bond acceptors (Lipinski definition) is 5. The van der Waals surface area contributed by atoms with Gasteiger partial charge < -0.3 is 14.8 Å². The van der Waals surface area contributed by atoms with Gasteiger partial charge >= 0.3 is 0 Å². The Bertz CT molecular complexity index is 870. The van der Waals surface area contributed by atoms with Crippen LogP contribution in [-0.2, 0) is 11.2 Å². The zero-order valence-electron chi connectivity index (χ0n) is 15.1. The molecule has 1 aliphatic heterocycles. The summed E-state index contributed by atoms with van der Waals surface area (Å²) in [6, 6.07) is 3.82. The quantitative estimate of drug-likeness (QED) is 0.798. The van der Waals surface area contributed by atoms with Crippen LogP contribution < -0.4 is 10.5 Å². The largest absolute Gasteiger partial charge is 0.361 e. The van der Waals surface area contributed by atoms with Gasteiger partial charge in [-0.1, -0.05) is 13.5 Å². The Balaban J connectivity index is 1.88. The SMILES string of the molecule is C=CC(=O)N1CC(N(CC)c2cc(-c3ccnc(CC)n3)c[nH]c2=O)C1. The zero-order valence-corrected chi connectivity index (χ0v) is 15.1. The van der Waals surface area contributed by atoms with Crippen LogP contribution in [0.4, 0.5) is 5.69 Å². The van der Waals surface area contributed by atoms with Crippen molar-refractivity contribution in [2.45, 2.75) is 26.3 Å². The molecule has 136 valence electrons. The number of H-pyrrole nitrogens is 1. The molecule has 0 aliphatic carbocycles. The van der Waals surface area contributed by atoms with E-state index < -0.39 is 0 Å². The number of amides is 1. The summed E-state index contributed by atoms with van der Waals surface area (Å²) in [6.07, 6.45) is 5.48. The van der Waals surface area contributed by atoms with E-state index in [9.17, 15) is 9.59 Å². The van der Waals surface area contributed by atoms with Gasteiger partial charge in [-0.3, -0.25) is 9.59 Å². The summed E-state index contributed by atoms with van der Waals surface area (Å²) >= 11 is 0. The van der Waals surface area contributed by atoms with E-state index >= 15 is 0 Å². The van der Waals surface area contributed by atoms with Gasteiger partial charge in [-0.2, -0.15) is 0 Å². The van der Waals surface area contributed by atoms with E-state index in [2.05, 4.69) is 21.5 Å². The predicted molar refractivity (Wildman–Crippen MR) is 101 cm³/mol. The lowest BCUT2D eigenvalue weighted by molar-refractivity contribution is -0.130. The molecule has 2 aromatic heterocycles. The van der Waals surface area contributed by atoms with Gasteiger partial charge in [0.1, 0.15) is 11.5 Å². The molecule has 0 atom stereocenters. The molecule has 7 nitrogen and oxygen atoms in total. The monoisotopic (exact) mass is 353 g/mol. The van der Waals surface area contributed by atoms with Gasteiger partial charge in [0.2, 0.25) is 5.91 Å². The molecule has 0 saturated carbocycles. The van der Waals surface area contributed by atoms with Gasteiger partial charge in [0, 0.05) is 44.0 Å². The minimum atomic E-state index is -0.145. The van der Waals surface area contributed by atoms with Gasteiger partial charge in [0.05, 0.1) is 11.7 Å². The summed E-state index contributed by atoms with van der Waals surface area (Å²) in [5.41, 5.74) is 2.07. The number of aryl methyl sites for hydroxylation is 1. The molecule has 0 bridgehead atoms. The molecule has 1 amide bonds. The summed E-state index contributed by atoms with van der Waals surface area (Å²) in [7, 11) is 0. The molecule has 0 radical (unpaired) electrons. The first-order valence-corrected chi connectivity index (χ1v) is 8.80. The molecule has 2 aromatic rings. The molecule has 0 spiro atoms. The van der Waals surface area contributed by atoms with Crippen LogP contribution >= 0.6 is 0 Å². The van der Waals surface area contributed by atoms with E-state index in [1.165, 1.54) is 6.08 Å². The van der Waals surface area contributed by atoms with E-state index in [1.807, 2.05) is 30.9 Å². The van der Waals surface area contributed by atoms with Crippen molar-refractivity contribution < 1.29 is 4.79 Å². The number of nitrogens with one attached hydrogen (secondary N) is 1. The molecule has 1 fully saturated rings. The van der Waals surface area contributed by atoms with E-state index in [-0.39, 0.29) is 17.5 Å². The highest BCUT2D eigenvalue weighted by atomic mass is 16.2. The highest BCUT2D eigenvalue weighted by Crippen LogP contribution is 2.24. The summed E-state index contributed by atoms with van der Waals surface area (Å²) in [5.74, 6) is 0.688. The minimum Gasteiger partial charge on any atom is -0.361 e. The van der Waals surface area contributed by atoms with Crippen molar-refractivity contribution >= 4 is 11.6 Å². The van der Waals surface area contributed by atoms with Crippen LogP contribution in [0.25, 0.3) is 11.3 Å². The first-order chi connectivity index (χ1) is 12.6. The summed E-state index contributed by atoms with van der Waals surface area (Å²) < 4.78 is 0. The lowest BCUT2D eigenvalue weighted by atomic mass is 10.1. The van der Waals surface area contributed by atoms with Gasteiger partial charge in [0.25, 0.3) is 5.56 Å². The van der Waals surface area contributed by atoms with Crippen molar-refractivity contribution in [3.63, 3.8) is 0 Å². The fraction of sp³-hybridized carbons (Fsp3) is 0.368. The average Bonchev–Trinajstić information content (AvgIpc) is 2.64. The molecule has 1 aliphatic rings. The number of rotatable bonds is 6. The Morgan fingerprint density at radius 3 is 2.88 bits per heavy atom. The Morgan fingerprint density at radius 2 is 2.23 bits per heavy atom. The fourth-order valence-electron chi connectivity index (χ4n) is 3.15. The molecule has 3 heterocycles. The van der Waals surface area contributed by atoms with Crippen molar-refractivity contribution in [2.75, 3.05) is 24.5 Å². The molecule has 3 rings (SSSR count).